The van der Waals surface area contributed by atoms with Crippen molar-refractivity contribution in [2.24, 2.45) is 0 Å². The SMILES string of the molecule is Cc1nc(C)c(C(C)NC(C)CC#N)s1. The monoisotopic (exact) mass is 223 g/mol. The zero-order valence-electron chi connectivity index (χ0n) is 9.66. The van der Waals surface area contributed by atoms with Gasteiger partial charge in [0.15, 0.2) is 0 Å². The molecule has 0 aromatic carbocycles. The quantitative estimate of drug-likeness (QED) is 0.853. The van der Waals surface area contributed by atoms with E-state index in [4.69, 9.17) is 5.26 Å². The third-order valence-corrected chi connectivity index (χ3v) is 3.52. The molecule has 1 heterocycles. The van der Waals surface area contributed by atoms with Crippen LogP contribution in [0.1, 0.15) is 41.9 Å². The van der Waals surface area contributed by atoms with E-state index in [1.807, 2.05) is 20.8 Å². The van der Waals surface area contributed by atoms with Crippen LogP contribution in [0, 0.1) is 25.2 Å². The molecule has 1 N–H and O–H groups in total. The number of aromatic nitrogens is 1. The Hall–Kier alpha value is -0.920. The number of aryl methyl sites for hydroxylation is 2. The van der Waals surface area contributed by atoms with Crippen molar-refractivity contribution in [2.75, 3.05) is 0 Å². The first-order valence-electron chi connectivity index (χ1n) is 5.11. The van der Waals surface area contributed by atoms with Gasteiger partial charge in [-0.3, -0.25) is 0 Å². The van der Waals surface area contributed by atoms with Crippen LogP contribution in [0.3, 0.4) is 0 Å². The minimum atomic E-state index is 0.229. The molecule has 0 aliphatic rings. The fourth-order valence-electron chi connectivity index (χ4n) is 1.65. The number of thiazole rings is 1. The predicted octanol–water partition coefficient (Wildman–Crippen LogP) is 2.71. The van der Waals surface area contributed by atoms with E-state index in [1.165, 1.54) is 4.88 Å². The Balaban J connectivity index is 2.65. The van der Waals surface area contributed by atoms with E-state index in [-0.39, 0.29) is 12.1 Å². The van der Waals surface area contributed by atoms with Gasteiger partial charge in [-0.15, -0.1) is 11.3 Å². The Kier molecular flexibility index (Phi) is 4.25. The van der Waals surface area contributed by atoms with Crippen LogP contribution in [0.25, 0.3) is 0 Å². The molecule has 0 saturated carbocycles. The Morgan fingerprint density at radius 1 is 1.47 bits per heavy atom. The zero-order chi connectivity index (χ0) is 11.4. The highest BCUT2D eigenvalue weighted by Gasteiger charge is 2.14. The van der Waals surface area contributed by atoms with Crippen LogP contribution < -0.4 is 5.32 Å². The standard InChI is InChI=1S/C11H17N3S/c1-7(5-6-12)13-8(2)11-9(3)14-10(4)15-11/h7-8,13H,5H2,1-4H3. The average Bonchev–Trinajstić information content (AvgIpc) is 2.45. The summed E-state index contributed by atoms with van der Waals surface area (Å²) in [4.78, 5) is 5.67. The lowest BCUT2D eigenvalue weighted by atomic mass is 10.2. The van der Waals surface area contributed by atoms with Crippen LogP contribution in [0.4, 0.5) is 0 Å². The number of rotatable bonds is 4. The average molecular weight is 223 g/mol. The number of nitrogens with zero attached hydrogens (tertiary/aromatic N) is 2. The highest BCUT2D eigenvalue weighted by atomic mass is 32.1. The molecule has 15 heavy (non-hydrogen) atoms. The van der Waals surface area contributed by atoms with E-state index < -0.39 is 0 Å². The Morgan fingerprint density at radius 2 is 2.13 bits per heavy atom. The summed E-state index contributed by atoms with van der Waals surface area (Å²) < 4.78 is 0. The summed E-state index contributed by atoms with van der Waals surface area (Å²) in [5, 5.41) is 13.1. The molecule has 0 amide bonds. The van der Waals surface area contributed by atoms with E-state index in [0.717, 1.165) is 10.7 Å². The molecule has 0 bridgehead atoms. The molecular formula is C11H17N3S. The second-order valence-corrected chi connectivity index (χ2v) is 5.07. The predicted molar refractivity (Wildman–Crippen MR) is 62.8 cm³/mol. The number of nitriles is 1. The summed E-state index contributed by atoms with van der Waals surface area (Å²) in [6.45, 7) is 8.20. The van der Waals surface area contributed by atoms with Gasteiger partial charge in [0.25, 0.3) is 0 Å². The molecule has 4 heteroatoms. The van der Waals surface area contributed by atoms with Gasteiger partial charge in [-0.25, -0.2) is 4.98 Å². The third kappa shape index (κ3) is 3.29. The van der Waals surface area contributed by atoms with Crippen LogP contribution in [-0.2, 0) is 0 Å². The first-order valence-corrected chi connectivity index (χ1v) is 5.93. The summed E-state index contributed by atoms with van der Waals surface area (Å²) in [7, 11) is 0. The topological polar surface area (TPSA) is 48.7 Å². The fourth-order valence-corrected chi connectivity index (χ4v) is 2.59. The Labute approximate surface area is 95.2 Å². The van der Waals surface area contributed by atoms with E-state index in [9.17, 15) is 0 Å². The highest BCUT2D eigenvalue weighted by Crippen LogP contribution is 2.24. The lowest BCUT2D eigenvalue weighted by molar-refractivity contribution is 0.488. The lowest BCUT2D eigenvalue weighted by Crippen LogP contribution is -2.28. The summed E-state index contributed by atoms with van der Waals surface area (Å²) in [5.74, 6) is 0. The molecule has 0 aliphatic carbocycles. The van der Waals surface area contributed by atoms with E-state index in [0.29, 0.717) is 6.42 Å². The van der Waals surface area contributed by atoms with Gasteiger partial charge in [0.2, 0.25) is 0 Å². The van der Waals surface area contributed by atoms with Gasteiger partial charge < -0.3 is 5.32 Å². The molecule has 2 atom stereocenters. The van der Waals surface area contributed by atoms with Gasteiger partial charge in [-0.2, -0.15) is 5.26 Å². The van der Waals surface area contributed by atoms with Gasteiger partial charge in [-0.1, -0.05) is 0 Å². The fraction of sp³-hybridized carbons (Fsp3) is 0.636. The van der Waals surface area contributed by atoms with E-state index in [1.54, 1.807) is 11.3 Å². The Morgan fingerprint density at radius 3 is 2.60 bits per heavy atom. The molecule has 82 valence electrons. The van der Waals surface area contributed by atoms with Crippen molar-refractivity contribution in [3.05, 3.63) is 15.6 Å². The third-order valence-electron chi connectivity index (χ3n) is 2.26. The molecular weight excluding hydrogens is 206 g/mol. The molecule has 1 rings (SSSR count). The van der Waals surface area contributed by atoms with Crippen molar-refractivity contribution < 1.29 is 0 Å². The van der Waals surface area contributed by atoms with E-state index >= 15 is 0 Å². The van der Waals surface area contributed by atoms with Crippen LogP contribution in [0.2, 0.25) is 0 Å². The molecule has 1 aromatic rings. The van der Waals surface area contributed by atoms with Gasteiger partial charge in [0.05, 0.1) is 23.2 Å². The van der Waals surface area contributed by atoms with E-state index in [2.05, 4.69) is 23.3 Å². The molecule has 1 aromatic heterocycles. The maximum atomic E-state index is 8.58. The normalized spacial score (nSPS) is 14.6. The van der Waals surface area contributed by atoms with Gasteiger partial charge >= 0.3 is 0 Å². The lowest BCUT2D eigenvalue weighted by Gasteiger charge is -2.17. The highest BCUT2D eigenvalue weighted by molar-refractivity contribution is 7.11. The molecule has 0 saturated heterocycles. The number of nitrogens with one attached hydrogen (secondary N) is 1. The minimum Gasteiger partial charge on any atom is -0.306 e. The van der Waals surface area contributed by atoms with Crippen LogP contribution in [0.15, 0.2) is 0 Å². The van der Waals surface area contributed by atoms with Crippen molar-refractivity contribution in [2.45, 2.75) is 46.2 Å². The maximum Gasteiger partial charge on any atom is 0.0900 e. The number of hydrogen-bond donors (Lipinski definition) is 1. The molecule has 0 aliphatic heterocycles. The Bertz CT molecular complexity index is 364. The zero-order valence-corrected chi connectivity index (χ0v) is 10.5. The maximum absolute atomic E-state index is 8.58. The summed E-state index contributed by atoms with van der Waals surface area (Å²) in [6.07, 6.45) is 0.543. The molecule has 0 spiro atoms. The minimum absolute atomic E-state index is 0.229. The van der Waals surface area contributed by atoms with Crippen LogP contribution in [0.5, 0.6) is 0 Å². The first-order chi connectivity index (χ1) is 7.04. The summed E-state index contributed by atoms with van der Waals surface area (Å²) in [6, 6.07) is 2.68. The number of hydrogen-bond acceptors (Lipinski definition) is 4. The van der Waals surface area contributed by atoms with Crippen LogP contribution in [-0.4, -0.2) is 11.0 Å². The molecule has 0 fully saturated rings. The van der Waals surface area contributed by atoms with Crippen molar-refractivity contribution in [3.63, 3.8) is 0 Å². The molecule has 0 radical (unpaired) electrons. The molecule has 2 unspecified atom stereocenters. The van der Waals surface area contributed by atoms with Crippen molar-refractivity contribution in [3.8, 4) is 6.07 Å². The summed E-state index contributed by atoms with van der Waals surface area (Å²) >= 11 is 1.73. The summed E-state index contributed by atoms with van der Waals surface area (Å²) in [5.41, 5.74) is 1.10. The van der Waals surface area contributed by atoms with Crippen molar-refractivity contribution >= 4 is 11.3 Å². The molecule has 3 nitrogen and oxygen atoms in total. The van der Waals surface area contributed by atoms with Crippen LogP contribution >= 0.6 is 11.3 Å². The smallest absolute Gasteiger partial charge is 0.0900 e. The largest absolute Gasteiger partial charge is 0.306 e. The van der Waals surface area contributed by atoms with Gasteiger partial charge in [-0.05, 0) is 27.7 Å². The first kappa shape index (κ1) is 12.2. The van der Waals surface area contributed by atoms with Crippen molar-refractivity contribution in [1.82, 2.24) is 10.3 Å². The second kappa shape index (κ2) is 5.24. The van der Waals surface area contributed by atoms with Gasteiger partial charge in [0.1, 0.15) is 0 Å². The second-order valence-electron chi connectivity index (χ2n) is 3.83. The van der Waals surface area contributed by atoms with Crippen molar-refractivity contribution in [1.29, 1.82) is 5.26 Å². The van der Waals surface area contributed by atoms with Gasteiger partial charge in [0, 0.05) is 17.0 Å².